The van der Waals surface area contributed by atoms with Crippen LogP contribution in [0, 0.1) is 5.82 Å². The molecule has 146 valence electrons. The van der Waals surface area contributed by atoms with Crippen LogP contribution < -0.4 is 5.32 Å². The Labute approximate surface area is 167 Å². The number of aryl methyl sites for hydroxylation is 2. The van der Waals surface area contributed by atoms with Gasteiger partial charge in [-0.25, -0.2) is 14.4 Å². The third-order valence-electron chi connectivity index (χ3n) is 5.42. The predicted molar refractivity (Wildman–Crippen MR) is 110 cm³/mol. The van der Waals surface area contributed by atoms with Crippen molar-refractivity contribution in [2.75, 3.05) is 31.6 Å². The van der Waals surface area contributed by atoms with Crippen LogP contribution in [0.2, 0.25) is 0 Å². The third kappa shape index (κ3) is 3.62. The lowest BCUT2D eigenvalue weighted by atomic mass is 9.97. The molecular weight excluding hydrogens is 375 g/mol. The van der Waals surface area contributed by atoms with Crippen molar-refractivity contribution >= 4 is 33.1 Å². The highest BCUT2D eigenvalue weighted by Crippen LogP contribution is 2.39. The van der Waals surface area contributed by atoms with E-state index in [1.54, 1.807) is 17.4 Å². The van der Waals surface area contributed by atoms with Crippen molar-refractivity contribution in [3.63, 3.8) is 0 Å². The summed E-state index contributed by atoms with van der Waals surface area (Å²) in [5.41, 5.74) is 2.09. The monoisotopic (exact) mass is 398 g/mol. The minimum atomic E-state index is -0.254. The van der Waals surface area contributed by atoms with E-state index in [1.807, 2.05) is 6.07 Å². The minimum Gasteiger partial charge on any atom is -0.379 e. The fourth-order valence-electron chi connectivity index (χ4n) is 4.03. The number of rotatable bonds is 4. The van der Waals surface area contributed by atoms with E-state index in [-0.39, 0.29) is 5.82 Å². The predicted octanol–water partition coefficient (Wildman–Crippen LogP) is 4.29. The highest BCUT2D eigenvalue weighted by molar-refractivity contribution is 7.19. The molecule has 0 spiro atoms. The average molecular weight is 399 g/mol. The first-order valence-electron chi connectivity index (χ1n) is 9.90. The van der Waals surface area contributed by atoms with Gasteiger partial charge in [-0.15, -0.1) is 11.3 Å². The summed E-state index contributed by atoms with van der Waals surface area (Å²) in [6.45, 7) is 4.01. The third-order valence-corrected chi connectivity index (χ3v) is 6.60. The minimum absolute atomic E-state index is 0.254. The van der Waals surface area contributed by atoms with Crippen LogP contribution in [0.15, 0.2) is 24.3 Å². The molecule has 3 aromatic rings. The zero-order valence-electron chi connectivity index (χ0n) is 15.7. The summed E-state index contributed by atoms with van der Waals surface area (Å²) in [7, 11) is 0. The number of hydrogen-bond acceptors (Lipinski definition) is 6. The number of benzene rings is 1. The summed E-state index contributed by atoms with van der Waals surface area (Å²) in [6.07, 6.45) is 4.63. The number of anilines is 2. The molecular formula is C21H23FN4OS. The van der Waals surface area contributed by atoms with Gasteiger partial charge in [-0.2, -0.15) is 0 Å². The second kappa shape index (κ2) is 7.73. The SMILES string of the molecule is Fc1cccc(Nc2nc(CN3CCOCC3)nc3sc4c(c23)CCCC4)c1. The Balaban J connectivity index is 1.56. The van der Waals surface area contributed by atoms with E-state index < -0.39 is 0 Å². The maximum atomic E-state index is 13.7. The van der Waals surface area contributed by atoms with Crippen LogP contribution in [-0.2, 0) is 24.1 Å². The first kappa shape index (κ1) is 18.0. The van der Waals surface area contributed by atoms with Crippen molar-refractivity contribution < 1.29 is 9.13 Å². The molecule has 0 atom stereocenters. The molecule has 1 aromatic carbocycles. The smallest absolute Gasteiger partial charge is 0.146 e. The normalized spacial score (nSPS) is 17.6. The Kier molecular flexibility index (Phi) is 4.96. The molecule has 0 radical (unpaired) electrons. The van der Waals surface area contributed by atoms with Gasteiger partial charge in [0.1, 0.15) is 22.3 Å². The quantitative estimate of drug-likeness (QED) is 0.711. The van der Waals surface area contributed by atoms with Crippen LogP contribution in [0.4, 0.5) is 15.9 Å². The Morgan fingerprint density at radius 1 is 1.14 bits per heavy atom. The summed E-state index contributed by atoms with van der Waals surface area (Å²) in [5.74, 6) is 1.36. The molecule has 0 bridgehead atoms. The van der Waals surface area contributed by atoms with Crippen LogP contribution in [0.25, 0.3) is 10.2 Å². The van der Waals surface area contributed by atoms with Gasteiger partial charge in [-0.3, -0.25) is 4.90 Å². The van der Waals surface area contributed by atoms with E-state index >= 15 is 0 Å². The first-order chi connectivity index (χ1) is 13.8. The van der Waals surface area contributed by atoms with E-state index in [4.69, 9.17) is 14.7 Å². The van der Waals surface area contributed by atoms with Gasteiger partial charge in [0.05, 0.1) is 25.1 Å². The number of morpholine rings is 1. The molecule has 28 heavy (non-hydrogen) atoms. The van der Waals surface area contributed by atoms with Gasteiger partial charge in [-0.05, 0) is 49.4 Å². The summed E-state index contributed by atoms with van der Waals surface area (Å²) >= 11 is 1.80. The molecule has 1 aliphatic heterocycles. The molecule has 1 saturated heterocycles. The fraction of sp³-hybridized carbons (Fsp3) is 0.429. The number of halogens is 1. The van der Waals surface area contributed by atoms with Crippen LogP contribution in [0.1, 0.15) is 29.1 Å². The second-order valence-corrected chi connectivity index (χ2v) is 8.49. The lowest BCUT2D eigenvalue weighted by Crippen LogP contribution is -2.36. The highest BCUT2D eigenvalue weighted by atomic mass is 32.1. The Hall–Kier alpha value is -2.09. The molecule has 5 nitrogen and oxygen atoms in total. The van der Waals surface area contributed by atoms with Gasteiger partial charge >= 0.3 is 0 Å². The van der Waals surface area contributed by atoms with Crippen LogP contribution in [-0.4, -0.2) is 41.2 Å². The molecule has 1 N–H and O–H groups in total. The molecule has 3 heterocycles. The maximum absolute atomic E-state index is 13.7. The zero-order chi connectivity index (χ0) is 18.9. The van der Waals surface area contributed by atoms with Crippen molar-refractivity contribution in [3.05, 3.63) is 46.3 Å². The Morgan fingerprint density at radius 3 is 2.86 bits per heavy atom. The first-order valence-corrected chi connectivity index (χ1v) is 10.7. The number of thiophene rings is 1. The second-order valence-electron chi connectivity index (χ2n) is 7.40. The summed E-state index contributed by atoms with van der Waals surface area (Å²) in [6, 6.07) is 6.55. The zero-order valence-corrected chi connectivity index (χ0v) is 16.5. The molecule has 7 heteroatoms. The van der Waals surface area contributed by atoms with E-state index in [2.05, 4.69) is 10.2 Å². The number of ether oxygens (including phenoxy) is 1. The van der Waals surface area contributed by atoms with E-state index in [0.29, 0.717) is 12.2 Å². The highest BCUT2D eigenvalue weighted by Gasteiger charge is 2.22. The molecule has 1 aliphatic carbocycles. The van der Waals surface area contributed by atoms with Gasteiger partial charge in [0.15, 0.2) is 0 Å². The van der Waals surface area contributed by atoms with Gasteiger partial charge in [0, 0.05) is 23.7 Å². The van der Waals surface area contributed by atoms with Crippen LogP contribution in [0.3, 0.4) is 0 Å². The van der Waals surface area contributed by atoms with Gasteiger partial charge in [0.2, 0.25) is 0 Å². The van der Waals surface area contributed by atoms with Gasteiger partial charge in [-0.1, -0.05) is 6.07 Å². The number of nitrogens with one attached hydrogen (secondary N) is 1. The number of fused-ring (bicyclic) bond motifs is 3. The molecule has 2 aliphatic rings. The van der Waals surface area contributed by atoms with E-state index in [9.17, 15) is 4.39 Å². The molecule has 0 amide bonds. The Morgan fingerprint density at radius 2 is 2.00 bits per heavy atom. The number of aromatic nitrogens is 2. The topological polar surface area (TPSA) is 50.3 Å². The molecule has 2 aromatic heterocycles. The van der Waals surface area contributed by atoms with Crippen molar-refractivity contribution in [3.8, 4) is 0 Å². The van der Waals surface area contributed by atoms with Gasteiger partial charge < -0.3 is 10.1 Å². The number of hydrogen-bond donors (Lipinski definition) is 1. The molecule has 1 fully saturated rings. The summed E-state index contributed by atoms with van der Waals surface area (Å²) in [4.78, 5) is 14.6. The largest absolute Gasteiger partial charge is 0.379 e. The van der Waals surface area contributed by atoms with Crippen LogP contribution >= 0.6 is 11.3 Å². The maximum Gasteiger partial charge on any atom is 0.146 e. The summed E-state index contributed by atoms with van der Waals surface area (Å²) < 4.78 is 19.1. The lowest BCUT2D eigenvalue weighted by molar-refractivity contribution is 0.0331. The van der Waals surface area contributed by atoms with E-state index in [0.717, 1.165) is 61.0 Å². The standard InChI is InChI=1S/C21H23FN4OS/c22-14-4-3-5-15(12-14)23-20-19-16-6-1-2-7-17(16)28-21(19)25-18(24-20)13-26-8-10-27-11-9-26/h3-5,12H,1-2,6-11,13H2,(H,23,24,25). The van der Waals surface area contributed by atoms with Crippen molar-refractivity contribution in [1.82, 2.24) is 14.9 Å². The molecule has 0 unspecified atom stereocenters. The van der Waals surface area contributed by atoms with Crippen molar-refractivity contribution in [2.45, 2.75) is 32.2 Å². The Bertz CT molecular complexity index is 999. The lowest BCUT2D eigenvalue weighted by Gasteiger charge is -2.25. The van der Waals surface area contributed by atoms with Crippen LogP contribution in [0.5, 0.6) is 0 Å². The molecule has 0 saturated carbocycles. The fourth-order valence-corrected chi connectivity index (χ4v) is 5.31. The average Bonchev–Trinajstić information content (AvgIpc) is 3.07. The van der Waals surface area contributed by atoms with Crippen molar-refractivity contribution in [2.24, 2.45) is 0 Å². The van der Waals surface area contributed by atoms with Gasteiger partial charge in [0.25, 0.3) is 0 Å². The summed E-state index contributed by atoms with van der Waals surface area (Å²) in [5, 5.41) is 4.49. The van der Waals surface area contributed by atoms with E-state index in [1.165, 1.54) is 35.4 Å². The number of nitrogens with zero attached hydrogens (tertiary/aromatic N) is 3. The molecule has 5 rings (SSSR count). The van der Waals surface area contributed by atoms with Crippen molar-refractivity contribution in [1.29, 1.82) is 0 Å².